The fourth-order valence-corrected chi connectivity index (χ4v) is 2.66. The lowest BCUT2D eigenvalue weighted by molar-refractivity contribution is -0.123. The molecule has 3 aromatic rings. The van der Waals surface area contributed by atoms with E-state index >= 15 is 0 Å². The fourth-order valence-electron chi connectivity index (χ4n) is 2.66. The predicted octanol–water partition coefficient (Wildman–Crippen LogP) is 3.43. The van der Waals surface area contributed by atoms with Crippen molar-refractivity contribution >= 4 is 17.5 Å². The van der Waals surface area contributed by atoms with Crippen LogP contribution in [0.4, 0.5) is 5.69 Å². The lowest BCUT2D eigenvalue weighted by Crippen LogP contribution is -2.28. The minimum atomic E-state index is -0.243. The van der Waals surface area contributed by atoms with E-state index in [-0.39, 0.29) is 18.4 Å². The second-order valence-corrected chi connectivity index (χ2v) is 6.37. The summed E-state index contributed by atoms with van der Waals surface area (Å²) in [6, 6.07) is 17.8. The summed E-state index contributed by atoms with van der Waals surface area (Å²) in [6.07, 6.45) is 3.11. The molecule has 7 nitrogen and oxygen atoms in total. The summed E-state index contributed by atoms with van der Waals surface area (Å²) in [5.74, 6) is 0.861. The number of carbonyl (C=O) groups excluding carboxylic acids is 2. The van der Waals surface area contributed by atoms with Gasteiger partial charge in [-0.15, -0.1) is 0 Å². The number of hydrogen-bond acceptors (Lipinski definition) is 5. The van der Waals surface area contributed by atoms with E-state index in [0.29, 0.717) is 30.2 Å². The van der Waals surface area contributed by atoms with Crippen LogP contribution in [0.25, 0.3) is 0 Å². The van der Waals surface area contributed by atoms with Crippen molar-refractivity contribution in [2.24, 2.45) is 0 Å². The maximum absolute atomic E-state index is 12.2. The SMILES string of the molecule is CCOc1ccc(OCC(=O)NCc2cccc(NC(=O)c3cccnc3)c2)cc1. The highest BCUT2D eigenvalue weighted by Crippen LogP contribution is 2.17. The number of nitrogens with zero attached hydrogens (tertiary/aromatic N) is 1. The lowest BCUT2D eigenvalue weighted by atomic mass is 10.2. The minimum Gasteiger partial charge on any atom is -0.494 e. The minimum absolute atomic E-state index is 0.0918. The van der Waals surface area contributed by atoms with Gasteiger partial charge in [-0.05, 0) is 61.0 Å². The third-order valence-electron chi connectivity index (χ3n) is 4.10. The first-order valence-electron chi connectivity index (χ1n) is 9.56. The van der Waals surface area contributed by atoms with E-state index in [1.165, 1.54) is 6.20 Å². The summed E-state index contributed by atoms with van der Waals surface area (Å²) < 4.78 is 10.9. The maximum Gasteiger partial charge on any atom is 0.258 e. The first-order valence-corrected chi connectivity index (χ1v) is 9.56. The van der Waals surface area contributed by atoms with Crippen molar-refractivity contribution in [1.82, 2.24) is 10.3 Å². The highest BCUT2D eigenvalue weighted by Gasteiger charge is 2.07. The van der Waals surface area contributed by atoms with Crippen molar-refractivity contribution in [2.45, 2.75) is 13.5 Å². The fraction of sp³-hybridized carbons (Fsp3) is 0.174. The molecule has 2 N–H and O–H groups in total. The second kappa shape index (κ2) is 10.6. The number of carbonyl (C=O) groups is 2. The zero-order chi connectivity index (χ0) is 21.2. The van der Waals surface area contributed by atoms with Crippen LogP contribution in [0.3, 0.4) is 0 Å². The van der Waals surface area contributed by atoms with Crippen LogP contribution in [-0.4, -0.2) is 30.0 Å². The molecular formula is C23H23N3O4. The number of rotatable bonds is 9. The number of anilines is 1. The van der Waals surface area contributed by atoms with Gasteiger partial charge in [0.1, 0.15) is 11.5 Å². The van der Waals surface area contributed by atoms with Gasteiger partial charge in [0.2, 0.25) is 0 Å². The van der Waals surface area contributed by atoms with E-state index in [9.17, 15) is 9.59 Å². The van der Waals surface area contributed by atoms with Crippen LogP contribution in [0.1, 0.15) is 22.8 Å². The maximum atomic E-state index is 12.2. The van der Waals surface area contributed by atoms with Crippen molar-refractivity contribution in [3.05, 3.63) is 84.2 Å². The van der Waals surface area contributed by atoms with Crippen LogP contribution in [0.5, 0.6) is 11.5 Å². The van der Waals surface area contributed by atoms with E-state index in [0.717, 1.165) is 11.3 Å². The molecule has 1 heterocycles. The summed E-state index contributed by atoms with van der Waals surface area (Å²) >= 11 is 0. The first kappa shape index (κ1) is 20.9. The Morgan fingerprint density at radius 2 is 1.73 bits per heavy atom. The van der Waals surface area contributed by atoms with Crippen molar-refractivity contribution in [3.63, 3.8) is 0 Å². The van der Waals surface area contributed by atoms with Crippen LogP contribution in [-0.2, 0) is 11.3 Å². The molecule has 0 fully saturated rings. The average molecular weight is 405 g/mol. The number of pyridine rings is 1. The average Bonchev–Trinajstić information content (AvgIpc) is 2.78. The Labute approximate surface area is 175 Å². The lowest BCUT2D eigenvalue weighted by Gasteiger charge is -2.10. The monoisotopic (exact) mass is 405 g/mol. The zero-order valence-electron chi connectivity index (χ0n) is 16.6. The molecule has 0 aliphatic carbocycles. The molecule has 3 rings (SSSR count). The van der Waals surface area contributed by atoms with Crippen LogP contribution in [0, 0.1) is 0 Å². The van der Waals surface area contributed by atoms with Crippen molar-refractivity contribution in [2.75, 3.05) is 18.5 Å². The van der Waals surface area contributed by atoms with E-state index in [2.05, 4.69) is 15.6 Å². The van der Waals surface area contributed by atoms with Gasteiger partial charge in [0.15, 0.2) is 6.61 Å². The molecule has 2 aromatic carbocycles. The number of aromatic nitrogens is 1. The summed E-state index contributed by atoms with van der Waals surface area (Å²) in [7, 11) is 0. The van der Waals surface area contributed by atoms with E-state index < -0.39 is 0 Å². The molecular weight excluding hydrogens is 382 g/mol. The molecule has 30 heavy (non-hydrogen) atoms. The number of nitrogens with one attached hydrogen (secondary N) is 2. The Hall–Kier alpha value is -3.87. The largest absolute Gasteiger partial charge is 0.494 e. The van der Waals surface area contributed by atoms with Gasteiger partial charge in [0.25, 0.3) is 11.8 Å². The van der Waals surface area contributed by atoms with Crippen molar-refractivity contribution in [1.29, 1.82) is 0 Å². The Morgan fingerprint density at radius 1 is 0.967 bits per heavy atom. The highest BCUT2D eigenvalue weighted by atomic mass is 16.5. The Bertz CT molecular complexity index is 975. The number of amides is 2. The highest BCUT2D eigenvalue weighted by molar-refractivity contribution is 6.04. The van der Waals surface area contributed by atoms with Crippen LogP contribution < -0.4 is 20.1 Å². The number of benzene rings is 2. The molecule has 0 atom stereocenters. The van der Waals surface area contributed by atoms with E-state index in [4.69, 9.17) is 9.47 Å². The number of hydrogen-bond donors (Lipinski definition) is 2. The summed E-state index contributed by atoms with van der Waals surface area (Å²) in [5, 5.41) is 5.62. The molecule has 7 heteroatoms. The van der Waals surface area contributed by atoms with Gasteiger partial charge < -0.3 is 20.1 Å². The second-order valence-electron chi connectivity index (χ2n) is 6.37. The Balaban J connectivity index is 1.46. The summed E-state index contributed by atoms with van der Waals surface area (Å²) in [4.78, 5) is 28.2. The molecule has 0 unspecified atom stereocenters. The van der Waals surface area contributed by atoms with Gasteiger partial charge >= 0.3 is 0 Å². The van der Waals surface area contributed by atoms with Gasteiger partial charge in [-0.1, -0.05) is 12.1 Å². The van der Waals surface area contributed by atoms with Crippen molar-refractivity contribution < 1.29 is 19.1 Å². The summed E-state index contributed by atoms with van der Waals surface area (Å²) in [6.45, 7) is 2.74. The zero-order valence-corrected chi connectivity index (χ0v) is 16.6. The molecule has 0 radical (unpaired) electrons. The van der Waals surface area contributed by atoms with Gasteiger partial charge in [-0.2, -0.15) is 0 Å². The van der Waals surface area contributed by atoms with Gasteiger partial charge in [-0.25, -0.2) is 0 Å². The molecule has 0 aliphatic rings. The standard InChI is InChI=1S/C23H23N3O4/c1-2-29-20-8-10-21(11-9-20)30-16-22(27)25-14-17-5-3-7-19(13-17)26-23(28)18-6-4-12-24-15-18/h3-13,15H,2,14,16H2,1H3,(H,25,27)(H,26,28). The van der Waals surface area contributed by atoms with E-state index in [1.807, 2.05) is 25.1 Å². The van der Waals surface area contributed by atoms with Crippen molar-refractivity contribution in [3.8, 4) is 11.5 Å². The van der Waals surface area contributed by atoms with Gasteiger partial charge in [-0.3, -0.25) is 14.6 Å². The van der Waals surface area contributed by atoms with Crippen LogP contribution >= 0.6 is 0 Å². The molecule has 2 amide bonds. The molecule has 0 bridgehead atoms. The first-order chi connectivity index (χ1) is 14.6. The predicted molar refractivity (Wildman–Crippen MR) is 114 cm³/mol. The molecule has 0 saturated carbocycles. The van der Waals surface area contributed by atoms with Gasteiger partial charge in [0.05, 0.1) is 12.2 Å². The smallest absolute Gasteiger partial charge is 0.258 e. The topological polar surface area (TPSA) is 89.5 Å². The molecule has 1 aromatic heterocycles. The Morgan fingerprint density at radius 3 is 2.43 bits per heavy atom. The molecule has 0 spiro atoms. The Kier molecular flexibility index (Phi) is 7.38. The molecule has 154 valence electrons. The molecule has 0 saturated heterocycles. The third-order valence-corrected chi connectivity index (χ3v) is 4.10. The quantitative estimate of drug-likeness (QED) is 0.569. The summed E-state index contributed by atoms with van der Waals surface area (Å²) in [5.41, 5.74) is 1.97. The van der Waals surface area contributed by atoms with Crippen LogP contribution in [0.15, 0.2) is 73.1 Å². The normalized spacial score (nSPS) is 10.2. The van der Waals surface area contributed by atoms with E-state index in [1.54, 1.807) is 48.7 Å². The van der Waals surface area contributed by atoms with Crippen LogP contribution in [0.2, 0.25) is 0 Å². The number of ether oxygens (including phenoxy) is 2. The molecule has 0 aliphatic heterocycles. The third kappa shape index (κ3) is 6.34. The van der Waals surface area contributed by atoms with Gasteiger partial charge in [0, 0.05) is 24.6 Å².